The smallest absolute Gasteiger partial charge is 0.367 e. The highest BCUT2D eigenvalue weighted by atomic mass is 19.4. The molecule has 2 fully saturated rings. The predicted octanol–water partition coefficient (Wildman–Crippen LogP) is 1.91. The number of fused-ring (bicyclic) bond motifs is 1. The van der Waals surface area contributed by atoms with Crippen LogP contribution in [0.2, 0.25) is 0 Å². The lowest BCUT2D eigenvalue weighted by molar-refractivity contribution is -0.141. The van der Waals surface area contributed by atoms with Crippen molar-refractivity contribution in [2.45, 2.75) is 25.1 Å². The van der Waals surface area contributed by atoms with Gasteiger partial charge in [0, 0.05) is 12.6 Å². The van der Waals surface area contributed by atoms with Crippen molar-refractivity contribution in [1.82, 2.24) is 15.5 Å². The van der Waals surface area contributed by atoms with Crippen molar-refractivity contribution >= 4 is 5.82 Å². The molecule has 1 aromatic rings. The summed E-state index contributed by atoms with van der Waals surface area (Å²) < 4.78 is 36.9. The van der Waals surface area contributed by atoms with Gasteiger partial charge in [-0.05, 0) is 43.4 Å². The maximum Gasteiger partial charge on any atom is 0.435 e. The summed E-state index contributed by atoms with van der Waals surface area (Å²) in [7, 11) is 0. The van der Waals surface area contributed by atoms with E-state index >= 15 is 0 Å². The van der Waals surface area contributed by atoms with Gasteiger partial charge in [0.05, 0.1) is 0 Å². The van der Waals surface area contributed by atoms with Crippen molar-refractivity contribution in [3.63, 3.8) is 0 Å². The quantitative estimate of drug-likeness (QED) is 0.882. The largest absolute Gasteiger partial charge is 0.435 e. The second-order valence-electron chi connectivity index (χ2n) is 5.28. The van der Waals surface area contributed by atoms with Gasteiger partial charge in [-0.15, -0.1) is 10.2 Å². The molecule has 104 valence electrons. The molecule has 1 saturated heterocycles. The zero-order valence-electron chi connectivity index (χ0n) is 10.2. The van der Waals surface area contributed by atoms with Crippen LogP contribution in [0.5, 0.6) is 0 Å². The molecule has 1 saturated carbocycles. The fourth-order valence-electron chi connectivity index (χ4n) is 2.58. The monoisotopic (exact) mass is 272 g/mol. The number of anilines is 1. The van der Waals surface area contributed by atoms with Crippen LogP contribution in [-0.2, 0) is 6.18 Å². The molecule has 2 aliphatic rings. The summed E-state index contributed by atoms with van der Waals surface area (Å²) in [4.78, 5) is 0. The number of rotatable bonds is 3. The van der Waals surface area contributed by atoms with Crippen LogP contribution in [0.15, 0.2) is 12.1 Å². The molecule has 0 aromatic carbocycles. The number of piperidine rings is 1. The predicted molar refractivity (Wildman–Crippen MR) is 63.5 cm³/mol. The molecule has 0 spiro atoms. The standard InChI is InChI=1S/C12H15F3N4/c13-12(14,15)10-1-2-11(19-18-10)17-6-9-4-7-3-8(7)5-16-9/h1-2,7-9,16H,3-6H2,(H,17,19)/t7-,8?,9+/m1/s1. The summed E-state index contributed by atoms with van der Waals surface area (Å²) in [5.74, 6) is 2.07. The number of aromatic nitrogens is 2. The van der Waals surface area contributed by atoms with Crippen molar-refractivity contribution < 1.29 is 13.2 Å². The number of hydrogen-bond acceptors (Lipinski definition) is 4. The van der Waals surface area contributed by atoms with Gasteiger partial charge in [-0.25, -0.2) is 0 Å². The number of alkyl halides is 3. The zero-order chi connectivity index (χ0) is 13.5. The summed E-state index contributed by atoms with van der Waals surface area (Å²) in [5.41, 5.74) is -0.963. The Morgan fingerprint density at radius 1 is 1.21 bits per heavy atom. The molecule has 7 heteroatoms. The average molecular weight is 272 g/mol. The lowest BCUT2D eigenvalue weighted by Gasteiger charge is -2.23. The first kappa shape index (κ1) is 12.7. The van der Waals surface area contributed by atoms with Crippen LogP contribution in [0.1, 0.15) is 18.5 Å². The van der Waals surface area contributed by atoms with E-state index in [2.05, 4.69) is 20.8 Å². The molecule has 3 rings (SSSR count). The molecule has 0 radical (unpaired) electrons. The van der Waals surface area contributed by atoms with Crippen molar-refractivity contribution in [2.75, 3.05) is 18.4 Å². The molecule has 1 unspecified atom stereocenters. The minimum atomic E-state index is -4.43. The molecule has 2 N–H and O–H groups in total. The first-order valence-electron chi connectivity index (χ1n) is 6.40. The fourth-order valence-corrected chi connectivity index (χ4v) is 2.58. The van der Waals surface area contributed by atoms with E-state index < -0.39 is 11.9 Å². The van der Waals surface area contributed by atoms with Crippen LogP contribution in [0.4, 0.5) is 19.0 Å². The third-order valence-electron chi connectivity index (χ3n) is 3.81. The number of halogens is 3. The Labute approximate surface area is 108 Å². The molecule has 1 aromatic heterocycles. The van der Waals surface area contributed by atoms with Gasteiger partial charge < -0.3 is 10.6 Å². The molecule has 4 nitrogen and oxygen atoms in total. The van der Waals surface area contributed by atoms with Crippen molar-refractivity contribution in [1.29, 1.82) is 0 Å². The Balaban J connectivity index is 1.52. The van der Waals surface area contributed by atoms with Gasteiger partial charge in [0.15, 0.2) is 5.69 Å². The first-order chi connectivity index (χ1) is 9.02. The highest BCUT2D eigenvalue weighted by molar-refractivity contribution is 5.33. The Morgan fingerprint density at radius 3 is 2.68 bits per heavy atom. The van der Waals surface area contributed by atoms with Crippen LogP contribution < -0.4 is 10.6 Å². The van der Waals surface area contributed by atoms with Crippen LogP contribution in [0.25, 0.3) is 0 Å². The van der Waals surface area contributed by atoms with Gasteiger partial charge in [-0.1, -0.05) is 0 Å². The lowest BCUT2D eigenvalue weighted by atomic mass is 10.1. The molecule has 1 aliphatic heterocycles. The average Bonchev–Trinajstić information content (AvgIpc) is 3.14. The Kier molecular flexibility index (Phi) is 3.08. The molecular formula is C12H15F3N4. The molecule has 2 heterocycles. The number of nitrogens with one attached hydrogen (secondary N) is 2. The van der Waals surface area contributed by atoms with Crippen molar-refractivity contribution in [3.8, 4) is 0 Å². The third kappa shape index (κ3) is 2.97. The molecule has 0 bridgehead atoms. The zero-order valence-corrected chi connectivity index (χ0v) is 10.2. The molecule has 3 atom stereocenters. The van der Waals surface area contributed by atoms with Crippen LogP contribution in [0, 0.1) is 11.8 Å². The van der Waals surface area contributed by atoms with E-state index in [1.54, 1.807) is 0 Å². The summed E-state index contributed by atoms with van der Waals surface area (Å²) in [6.45, 7) is 1.72. The van der Waals surface area contributed by atoms with E-state index in [0.29, 0.717) is 18.4 Å². The van der Waals surface area contributed by atoms with Gasteiger partial charge in [-0.3, -0.25) is 0 Å². The van der Waals surface area contributed by atoms with E-state index in [1.165, 1.54) is 12.5 Å². The molecule has 0 amide bonds. The number of hydrogen-bond donors (Lipinski definition) is 2. The SMILES string of the molecule is FC(F)(F)c1ccc(NC[C@@H]2C[C@H]3CC3CN2)nn1. The molecule has 19 heavy (non-hydrogen) atoms. The van der Waals surface area contributed by atoms with Gasteiger partial charge in [0.2, 0.25) is 0 Å². The highest BCUT2D eigenvalue weighted by Gasteiger charge is 2.41. The van der Waals surface area contributed by atoms with Crippen molar-refractivity contribution in [3.05, 3.63) is 17.8 Å². The van der Waals surface area contributed by atoms with Gasteiger partial charge in [-0.2, -0.15) is 13.2 Å². The third-order valence-corrected chi connectivity index (χ3v) is 3.81. The van der Waals surface area contributed by atoms with Gasteiger partial charge >= 0.3 is 6.18 Å². The normalized spacial score (nSPS) is 29.7. The number of nitrogens with zero attached hydrogens (tertiary/aromatic N) is 2. The van der Waals surface area contributed by atoms with E-state index in [0.717, 1.165) is 30.9 Å². The van der Waals surface area contributed by atoms with E-state index in [1.807, 2.05) is 0 Å². The van der Waals surface area contributed by atoms with Crippen LogP contribution in [0.3, 0.4) is 0 Å². The summed E-state index contributed by atoms with van der Waals surface area (Å²) in [6.07, 6.45) is -1.99. The van der Waals surface area contributed by atoms with Crippen LogP contribution >= 0.6 is 0 Å². The Hall–Kier alpha value is -1.37. The minimum Gasteiger partial charge on any atom is -0.367 e. The summed E-state index contributed by atoms with van der Waals surface area (Å²) >= 11 is 0. The Morgan fingerprint density at radius 2 is 2.05 bits per heavy atom. The summed E-state index contributed by atoms with van der Waals surface area (Å²) in [5, 5.41) is 13.2. The van der Waals surface area contributed by atoms with E-state index in [4.69, 9.17) is 0 Å². The van der Waals surface area contributed by atoms with Gasteiger partial charge in [0.25, 0.3) is 0 Å². The summed E-state index contributed by atoms with van der Waals surface area (Å²) in [6, 6.07) is 2.63. The second kappa shape index (κ2) is 4.63. The maximum atomic E-state index is 12.3. The first-order valence-corrected chi connectivity index (χ1v) is 6.40. The molecular weight excluding hydrogens is 257 g/mol. The van der Waals surface area contributed by atoms with E-state index in [9.17, 15) is 13.2 Å². The lowest BCUT2D eigenvalue weighted by Crippen LogP contribution is -2.40. The van der Waals surface area contributed by atoms with Crippen molar-refractivity contribution in [2.24, 2.45) is 11.8 Å². The maximum absolute atomic E-state index is 12.3. The Bertz CT molecular complexity index is 445. The van der Waals surface area contributed by atoms with Crippen LogP contribution in [-0.4, -0.2) is 29.3 Å². The highest BCUT2D eigenvalue weighted by Crippen LogP contribution is 2.43. The molecule has 1 aliphatic carbocycles. The minimum absolute atomic E-state index is 0.368. The van der Waals surface area contributed by atoms with E-state index in [-0.39, 0.29) is 0 Å². The second-order valence-corrected chi connectivity index (χ2v) is 5.28. The fraction of sp³-hybridized carbons (Fsp3) is 0.667. The van der Waals surface area contributed by atoms with Gasteiger partial charge in [0.1, 0.15) is 5.82 Å². The topological polar surface area (TPSA) is 49.8 Å².